The summed E-state index contributed by atoms with van der Waals surface area (Å²) in [4.78, 5) is 12.7. The van der Waals surface area contributed by atoms with Gasteiger partial charge in [0.1, 0.15) is 5.75 Å². The fourth-order valence-corrected chi connectivity index (χ4v) is 5.72. The van der Waals surface area contributed by atoms with Gasteiger partial charge in [0, 0.05) is 6.04 Å². The number of hydrogen-bond donors (Lipinski definition) is 2. The number of carbonyl (C=O) groups is 1. The second-order valence-corrected chi connectivity index (χ2v) is 9.82. The molecule has 0 saturated heterocycles. The summed E-state index contributed by atoms with van der Waals surface area (Å²) >= 11 is 6.29. The Morgan fingerprint density at radius 2 is 1.86 bits per heavy atom. The van der Waals surface area contributed by atoms with Crippen molar-refractivity contribution in [2.24, 2.45) is 11.8 Å². The molecule has 0 aromatic heterocycles. The third-order valence-corrected chi connectivity index (χ3v) is 7.60. The zero-order valence-electron chi connectivity index (χ0n) is 16.0. The van der Waals surface area contributed by atoms with Crippen molar-refractivity contribution in [3.8, 4) is 5.75 Å². The van der Waals surface area contributed by atoms with Crippen LogP contribution < -0.4 is 14.8 Å². The minimum absolute atomic E-state index is 0.104. The standard InChI is InChI=1S/C21H23ClN2O4S/c1-28-16-5-7-17(8-6-16)29(26,27)24-15-4-9-18(19(22)12-15)21(25)23-20-11-13-2-3-14(20)10-13/h4-9,12-14,20,24H,2-3,10-11H2,1H3,(H,23,25)/t13-,14-,20+/m0/s1. The van der Waals surface area contributed by atoms with Crippen LogP contribution in [0.3, 0.4) is 0 Å². The van der Waals surface area contributed by atoms with Gasteiger partial charge in [0.25, 0.3) is 15.9 Å². The van der Waals surface area contributed by atoms with Gasteiger partial charge in [-0.15, -0.1) is 0 Å². The lowest BCUT2D eigenvalue weighted by molar-refractivity contribution is 0.0923. The molecule has 2 bridgehead atoms. The third kappa shape index (κ3) is 4.21. The van der Waals surface area contributed by atoms with Crippen LogP contribution >= 0.6 is 11.6 Å². The summed E-state index contributed by atoms with van der Waals surface area (Å²) in [5.74, 6) is 1.66. The Kier molecular flexibility index (Phi) is 5.44. The molecule has 2 aliphatic carbocycles. The monoisotopic (exact) mass is 434 g/mol. The van der Waals surface area contributed by atoms with Crippen molar-refractivity contribution in [3.05, 3.63) is 53.1 Å². The van der Waals surface area contributed by atoms with Crippen molar-refractivity contribution in [2.75, 3.05) is 11.8 Å². The summed E-state index contributed by atoms with van der Waals surface area (Å²) in [7, 11) is -2.26. The number of sulfonamides is 1. The molecular formula is C21H23ClN2O4S. The SMILES string of the molecule is COc1ccc(S(=O)(=O)Nc2ccc(C(=O)N[C@@H]3C[C@H]4CC[C@H]3C4)c(Cl)c2)cc1. The van der Waals surface area contributed by atoms with Crippen molar-refractivity contribution >= 4 is 33.2 Å². The van der Waals surface area contributed by atoms with Gasteiger partial charge >= 0.3 is 0 Å². The fourth-order valence-electron chi connectivity index (χ4n) is 4.40. The highest BCUT2D eigenvalue weighted by atomic mass is 35.5. The lowest BCUT2D eigenvalue weighted by atomic mass is 9.95. The lowest BCUT2D eigenvalue weighted by Gasteiger charge is -2.23. The molecule has 3 atom stereocenters. The van der Waals surface area contributed by atoms with Crippen molar-refractivity contribution < 1.29 is 17.9 Å². The minimum atomic E-state index is -3.78. The summed E-state index contributed by atoms with van der Waals surface area (Å²) in [6.45, 7) is 0. The highest BCUT2D eigenvalue weighted by Gasteiger charge is 2.40. The van der Waals surface area contributed by atoms with Gasteiger partial charge in [-0.05, 0) is 73.6 Å². The quantitative estimate of drug-likeness (QED) is 0.717. The number of methoxy groups -OCH3 is 1. The predicted molar refractivity (Wildman–Crippen MR) is 112 cm³/mol. The molecule has 2 aliphatic rings. The van der Waals surface area contributed by atoms with Crippen molar-refractivity contribution in [3.63, 3.8) is 0 Å². The molecule has 2 N–H and O–H groups in total. The summed E-state index contributed by atoms with van der Waals surface area (Å²) in [6.07, 6.45) is 4.68. The molecule has 0 heterocycles. The normalized spacial score (nSPS) is 23.0. The number of amides is 1. The first-order valence-corrected chi connectivity index (χ1v) is 11.5. The molecule has 4 rings (SSSR count). The van der Waals surface area contributed by atoms with E-state index < -0.39 is 10.0 Å². The first kappa shape index (κ1) is 20.0. The number of benzene rings is 2. The smallest absolute Gasteiger partial charge is 0.261 e. The lowest BCUT2D eigenvalue weighted by Crippen LogP contribution is -2.38. The van der Waals surface area contributed by atoms with Gasteiger partial charge in [0.05, 0.1) is 28.3 Å². The molecule has 29 heavy (non-hydrogen) atoms. The van der Waals surface area contributed by atoms with Crippen LogP contribution in [0.1, 0.15) is 36.0 Å². The van der Waals surface area contributed by atoms with Gasteiger partial charge in [0.15, 0.2) is 0 Å². The molecule has 2 saturated carbocycles. The first-order chi connectivity index (χ1) is 13.9. The Bertz CT molecular complexity index is 1020. The summed E-state index contributed by atoms with van der Waals surface area (Å²) < 4.78 is 32.7. The van der Waals surface area contributed by atoms with E-state index in [1.54, 1.807) is 24.3 Å². The first-order valence-electron chi connectivity index (χ1n) is 9.63. The molecule has 0 spiro atoms. The van der Waals surface area contributed by atoms with Crippen LogP contribution in [0.5, 0.6) is 5.75 Å². The van der Waals surface area contributed by atoms with Crippen molar-refractivity contribution in [2.45, 2.75) is 36.6 Å². The van der Waals surface area contributed by atoms with Crippen LogP contribution in [0.2, 0.25) is 5.02 Å². The Morgan fingerprint density at radius 3 is 2.45 bits per heavy atom. The average molecular weight is 435 g/mol. The zero-order valence-corrected chi connectivity index (χ0v) is 17.6. The molecule has 2 aromatic carbocycles. The Morgan fingerprint density at radius 1 is 1.10 bits per heavy atom. The molecule has 6 nitrogen and oxygen atoms in total. The summed E-state index contributed by atoms with van der Waals surface area (Å²) in [5, 5.41) is 3.31. The number of hydrogen-bond acceptors (Lipinski definition) is 4. The van der Waals surface area contributed by atoms with Crippen LogP contribution in [0.15, 0.2) is 47.4 Å². The number of ether oxygens (including phenoxy) is 1. The van der Waals surface area contributed by atoms with Gasteiger partial charge in [-0.1, -0.05) is 18.0 Å². The van der Waals surface area contributed by atoms with E-state index >= 15 is 0 Å². The third-order valence-electron chi connectivity index (χ3n) is 5.89. The molecule has 8 heteroatoms. The van der Waals surface area contributed by atoms with Gasteiger partial charge in [-0.3, -0.25) is 9.52 Å². The van der Waals surface area contributed by atoms with E-state index in [1.165, 1.54) is 44.6 Å². The second kappa shape index (κ2) is 7.88. The van der Waals surface area contributed by atoms with E-state index in [1.807, 2.05) is 0 Å². The van der Waals surface area contributed by atoms with Gasteiger partial charge in [0.2, 0.25) is 0 Å². The maximum absolute atomic E-state index is 12.6. The Hall–Kier alpha value is -2.25. The summed E-state index contributed by atoms with van der Waals surface area (Å²) in [5.41, 5.74) is 0.643. The fraction of sp³-hybridized carbons (Fsp3) is 0.381. The Labute approximate surface area is 175 Å². The predicted octanol–water partition coefficient (Wildman–Crippen LogP) is 4.07. The van der Waals surface area contributed by atoms with Crippen molar-refractivity contribution in [1.29, 1.82) is 0 Å². The molecule has 2 aromatic rings. The number of carbonyl (C=O) groups excluding carboxylic acids is 1. The average Bonchev–Trinajstić information content (AvgIpc) is 3.31. The number of nitrogens with one attached hydrogen (secondary N) is 2. The van der Waals surface area contributed by atoms with E-state index in [0.29, 0.717) is 22.9 Å². The van der Waals surface area contributed by atoms with Gasteiger partial charge < -0.3 is 10.1 Å². The van der Waals surface area contributed by atoms with Crippen LogP contribution in [0.25, 0.3) is 0 Å². The molecule has 0 aliphatic heterocycles. The van der Waals surface area contributed by atoms with Crippen LogP contribution in [-0.4, -0.2) is 27.5 Å². The maximum Gasteiger partial charge on any atom is 0.261 e. The van der Waals surface area contributed by atoms with Crippen LogP contribution in [-0.2, 0) is 10.0 Å². The van der Waals surface area contributed by atoms with E-state index in [-0.39, 0.29) is 21.9 Å². The largest absolute Gasteiger partial charge is 0.497 e. The molecule has 154 valence electrons. The van der Waals surface area contributed by atoms with Crippen molar-refractivity contribution in [1.82, 2.24) is 5.32 Å². The number of rotatable bonds is 6. The van der Waals surface area contributed by atoms with Gasteiger partial charge in [-0.2, -0.15) is 0 Å². The van der Waals surface area contributed by atoms with Gasteiger partial charge in [-0.25, -0.2) is 8.42 Å². The molecule has 0 radical (unpaired) electrons. The maximum atomic E-state index is 12.6. The van der Waals surface area contributed by atoms with E-state index in [0.717, 1.165) is 12.3 Å². The topological polar surface area (TPSA) is 84.5 Å². The van der Waals surface area contributed by atoms with E-state index in [4.69, 9.17) is 16.3 Å². The molecule has 0 unspecified atom stereocenters. The molecular weight excluding hydrogens is 412 g/mol. The zero-order chi connectivity index (χ0) is 20.6. The second-order valence-electron chi connectivity index (χ2n) is 7.73. The highest BCUT2D eigenvalue weighted by Crippen LogP contribution is 2.44. The minimum Gasteiger partial charge on any atom is -0.497 e. The Balaban J connectivity index is 1.45. The van der Waals surface area contributed by atoms with E-state index in [2.05, 4.69) is 10.0 Å². The van der Waals surface area contributed by atoms with Crippen LogP contribution in [0, 0.1) is 11.8 Å². The molecule has 1 amide bonds. The number of anilines is 1. The summed E-state index contributed by atoms with van der Waals surface area (Å²) in [6, 6.07) is 10.8. The van der Waals surface area contributed by atoms with Crippen LogP contribution in [0.4, 0.5) is 5.69 Å². The highest BCUT2D eigenvalue weighted by molar-refractivity contribution is 7.92. The number of halogens is 1. The molecule has 2 fully saturated rings. The van der Waals surface area contributed by atoms with E-state index in [9.17, 15) is 13.2 Å². The number of fused-ring (bicyclic) bond motifs is 2.